The van der Waals surface area contributed by atoms with Crippen molar-refractivity contribution in [3.05, 3.63) is 41.7 Å². The number of hydrogen-bond donors (Lipinski definition) is 0. The Balaban J connectivity index is 2.71. The van der Waals surface area contributed by atoms with Crippen molar-refractivity contribution < 1.29 is 4.65 Å². The van der Waals surface area contributed by atoms with Crippen LogP contribution in [-0.2, 0) is 4.65 Å². The third-order valence-electron chi connectivity index (χ3n) is 6.64. The number of benzene rings is 1. The predicted octanol–water partition coefficient (Wildman–Crippen LogP) is 7.07. The lowest BCUT2D eigenvalue weighted by molar-refractivity contribution is 0.298. The summed E-state index contributed by atoms with van der Waals surface area (Å²) in [5.41, 5.74) is 2.82. The summed E-state index contributed by atoms with van der Waals surface area (Å²) in [6.07, 6.45) is 3.53. The van der Waals surface area contributed by atoms with Gasteiger partial charge in [0, 0.05) is 5.31 Å². The maximum atomic E-state index is 6.62. The van der Waals surface area contributed by atoms with Gasteiger partial charge in [-0.25, -0.2) is 0 Å². The Morgan fingerprint density at radius 1 is 0.917 bits per heavy atom. The van der Waals surface area contributed by atoms with E-state index in [0.717, 1.165) is 12.2 Å². The number of allylic oxidation sites excluding steroid dienone is 2. The van der Waals surface area contributed by atoms with Crippen LogP contribution in [0.1, 0.15) is 73.3 Å². The molecule has 0 fully saturated rings. The van der Waals surface area contributed by atoms with E-state index in [4.69, 9.17) is 4.65 Å². The molecule has 1 heterocycles. The minimum atomic E-state index is 0.102. The van der Waals surface area contributed by atoms with Gasteiger partial charge in [0.1, 0.15) is 0 Å². The molecule has 0 radical (unpaired) electrons. The molecule has 3 atom stereocenters. The van der Waals surface area contributed by atoms with Crippen LogP contribution >= 0.6 is 0 Å². The highest BCUT2D eigenvalue weighted by atomic mass is 16.4. The summed E-state index contributed by atoms with van der Waals surface area (Å²) < 4.78 is 6.62. The van der Waals surface area contributed by atoms with Gasteiger partial charge in [-0.1, -0.05) is 91.1 Å². The van der Waals surface area contributed by atoms with E-state index in [1.807, 2.05) is 0 Å². The standard InChI is InChI=1S/C22H35BO/c1-8-16(4)22(17(5)9-2)21(20-14-12-11-13-15-20)19(7)24-23(22)18(6)10-3/h11-18H,8-10H2,1-7H3. The van der Waals surface area contributed by atoms with Crippen LogP contribution < -0.4 is 0 Å². The highest BCUT2D eigenvalue weighted by Gasteiger charge is 2.59. The molecule has 0 aromatic heterocycles. The fourth-order valence-corrected chi connectivity index (χ4v) is 4.87. The van der Waals surface area contributed by atoms with Gasteiger partial charge >= 0.3 is 6.92 Å². The summed E-state index contributed by atoms with van der Waals surface area (Å²) >= 11 is 0. The van der Waals surface area contributed by atoms with Crippen LogP contribution in [0.3, 0.4) is 0 Å². The first-order valence-corrected chi connectivity index (χ1v) is 9.88. The molecule has 1 aromatic rings. The molecule has 1 aliphatic heterocycles. The van der Waals surface area contributed by atoms with Crippen LogP contribution in [0, 0.1) is 11.8 Å². The zero-order chi connectivity index (χ0) is 17.9. The number of rotatable bonds is 7. The Hall–Kier alpha value is -1.18. The molecule has 2 rings (SSSR count). The van der Waals surface area contributed by atoms with Gasteiger partial charge in [-0.15, -0.1) is 0 Å². The maximum absolute atomic E-state index is 6.62. The largest absolute Gasteiger partial charge is 0.562 e. The van der Waals surface area contributed by atoms with Crippen molar-refractivity contribution in [3.8, 4) is 0 Å². The van der Waals surface area contributed by atoms with Crippen molar-refractivity contribution in [3.63, 3.8) is 0 Å². The lowest BCUT2D eigenvalue weighted by Crippen LogP contribution is -2.43. The van der Waals surface area contributed by atoms with Gasteiger partial charge in [0.15, 0.2) is 0 Å². The van der Waals surface area contributed by atoms with Crippen molar-refractivity contribution in [2.45, 2.75) is 78.9 Å². The third kappa shape index (κ3) is 2.93. The maximum Gasteiger partial charge on any atom is 0.371 e. The highest BCUT2D eigenvalue weighted by molar-refractivity contribution is 6.62. The molecule has 0 bridgehead atoms. The second-order valence-electron chi connectivity index (χ2n) is 7.77. The van der Waals surface area contributed by atoms with Crippen LogP contribution in [0.25, 0.3) is 5.57 Å². The summed E-state index contributed by atoms with van der Waals surface area (Å²) in [7, 11) is 0. The monoisotopic (exact) mass is 326 g/mol. The summed E-state index contributed by atoms with van der Waals surface area (Å²) in [4.78, 5) is 0. The van der Waals surface area contributed by atoms with Crippen molar-refractivity contribution in [2.24, 2.45) is 11.8 Å². The van der Waals surface area contributed by atoms with Gasteiger partial charge in [-0.2, -0.15) is 0 Å². The van der Waals surface area contributed by atoms with E-state index in [1.54, 1.807) is 0 Å². The first kappa shape index (κ1) is 19.2. The van der Waals surface area contributed by atoms with E-state index in [-0.39, 0.29) is 12.2 Å². The second kappa shape index (κ2) is 7.80. The Labute approximate surface area is 150 Å². The molecule has 0 saturated carbocycles. The summed E-state index contributed by atoms with van der Waals surface area (Å²) in [6, 6.07) is 10.9. The summed E-state index contributed by atoms with van der Waals surface area (Å²) in [5, 5.41) is 0.102. The molecular weight excluding hydrogens is 291 g/mol. The van der Waals surface area contributed by atoms with E-state index >= 15 is 0 Å². The lowest BCUT2D eigenvalue weighted by Gasteiger charge is -2.45. The Morgan fingerprint density at radius 2 is 1.46 bits per heavy atom. The average Bonchev–Trinajstić information content (AvgIpc) is 2.94. The first-order chi connectivity index (χ1) is 11.4. The third-order valence-corrected chi connectivity index (χ3v) is 6.64. The fraction of sp³-hybridized carbons (Fsp3) is 0.636. The fourth-order valence-electron chi connectivity index (χ4n) is 4.87. The normalized spacial score (nSPS) is 24.7. The van der Waals surface area contributed by atoms with E-state index in [1.165, 1.54) is 24.0 Å². The molecule has 0 saturated heterocycles. The zero-order valence-corrected chi connectivity index (χ0v) is 16.7. The molecule has 1 aromatic carbocycles. The Bertz CT molecular complexity index is 553. The molecular formula is C22H35BO. The van der Waals surface area contributed by atoms with Gasteiger partial charge in [-0.3, -0.25) is 0 Å². The van der Waals surface area contributed by atoms with Gasteiger partial charge in [-0.05, 0) is 35.7 Å². The van der Waals surface area contributed by atoms with Crippen LogP contribution in [0.2, 0.25) is 11.1 Å². The van der Waals surface area contributed by atoms with Crippen molar-refractivity contribution in [1.29, 1.82) is 0 Å². The minimum absolute atomic E-state index is 0.102. The molecule has 0 aliphatic carbocycles. The molecule has 0 amide bonds. The van der Waals surface area contributed by atoms with Gasteiger partial charge in [0.2, 0.25) is 0 Å². The highest BCUT2D eigenvalue weighted by Crippen LogP contribution is 2.65. The van der Waals surface area contributed by atoms with Crippen molar-refractivity contribution in [1.82, 2.24) is 0 Å². The average molecular weight is 326 g/mol. The zero-order valence-electron chi connectivity index (χ0n) is 16.7. The van der Waals surface area contributed by atoms with Crippen LogP contribution in [0.15, 0.2) is 36.1 Å². The molecule has 1 nitrogen and oxygen atoms in total. The van der Waals surface area contributed by atoms with E-state index in [0.29, 0.717) is 17.7 Å². The van der Waals surface area contributed by atoms with Gasteiger partial charge in [0.25, 0.3) is 0 Å². The van der Waals surface area contributed by atoms with Crippen molar-refractivity contribution >= 4 is 12.5 Å². The molecule has 3 unspecified atom stereocenters. The molecule has 0 N–H and O–H groups in total. The topological polar surface area (TPSA) is 9.23 Å². The molecule has 24 heavy (non-hydrogen) atoms. The molecule has 2 heteroatoms. The SMILES string of the molecule is CCC(C)B1OC(C)=C(c2ccccc2)C1(C(C)CC)C(C)CC. The van der Waals surface area contributed by atoms with E-state index in [2.05, 4.69) is 78.8 Å². The Kier molecular flexibility index (Phi) is 6.23. The summed E-state index contributed by atoms with van der Waals surface area (Å²) in [6.45, 7) is 16.7. The van der Waals surface area contributed by atoms with E-state index < -0.39 is 0 Å². The summed E-state index contributed by atoms with van der Waals surface area (Å²) in [5.74, 6) is 2.90. The molecule has 132 valence electrons. The van der Waals surface area contributed by atoms with Crippen LogP contribution in [-0.4, -0.2) is 6.92 Å². The molecule has 0 spiro atoms. The van der Waals surface area contributed by atoms with Crippen molar-refractivity contribution in [2.75, 3.05) is 0 Å². The van der Waals surface area contributed by atoms with Gasteiger partial charge in [0.05, 0.1) is 5.76 Å². The lowest BCUT2D eigenvalue weighted by atomic mass is 9.31. The quantitative estimate of drug-likeness (QED) is 0.487. The predicted molar refractivity (Wildman–Crippen MR) is 107 cm³/mol. The van der Waals surface area contributed by atoms with E-state index in [9.17, 15) is 0 Å². The minimum Gasteiger partial charge on any atom is -0.562 e. The smallest absolute Gasteiger partial charge is 0.371 e. The Morgan fingerprint density at radius 3 is 1.92 bits per heavy atom. The van der Waals surface area contributed by atoms with Gasteiger partial charge < -0.3 is 4.65 Å². The first-order valence-electron chi connectivity index (χ1n) is 9.88. The molecule has 1 aliphatic rings. The van der Waals surface area contributed by atoms with Crippen LogP contribution in [0.4, 0.5) is 0 Å². The number of hydrogen-bond acceptors (Lipinski definition) is 1. The van der Waals surface area contributed by atoms with Crippen LogP contribution in [0.5, 0.6) is 0 Å². The second-order valence-corrected chi connectivity index (χ2v) is 7.77.